The summed E-state index contributed by atoms with van der Waals surface area (Å²) in [5.41, 5.74) is -0.402. The van der Waals surface area contributed by atoms with Gasteiger partial charge in [-0.3, -0.25) is 14.4 Å². The highest BCUT2D eigenvalue weighted by Crippen LogP contribution is 2.31. The van der Waals surface area contributed by atoms with Crippen LogP contribution in [-0.2, 0) is 4.79 Å². The minimum Gasteiger partial charge on any atom is -0.487 e. The van der Waals surface area contributed by atoms with Gasteiger partial charge in [0.15, 0.2) is 17.3 Å². The van der Waals surface area contributed by atoms with Gasteiger partial charge in [0.2, 0.25) is 5.82 Å². The fraction of sp³-hybridized carbons (Fsp3) is 0.346. The molecule has 4 rings (SSSR count). The van der Waals surface area contributed by atoms with Crippen LogP contribution in [0.4, 0.5) is 13.2 Å². The third-order valence-electron chi connectivity index (χ3n) is 6.26. The van der Waals surface area contributed by atoms with E-state index >= 15 is 0 Å². The number of ketones is 1. The molecule has 190 valence electrons. The number of rotatable bonds is 9. The lowest BCUT2D eigenvalue weighted by Gasteiger charge is -2.27. The predicted octanol–water partition coefficient (Wildman–Crippen LogP) is 5.73. The Balaban J connectivity index is 1.28. The smallest absolute Gasteiger partial charge is 0.306 e. The predicted molar refractivity (Wildman–Crippen MR) is 128 cm³/mol. The third kappa shape index (κ3) is 5.70. The Morgan fingerprint density at radius 3 is 2.47 bits per heavy atom. The topological polar surface area (TPSA) is 92.7 Å². The molecule has 0 radical (unpaired) electrons. The molecule has 0 spiro atoms. The van der Waals surface area contributed by atoms with Gasteiger partial charge in [-0.1, -0.05) is 6.07 Å². The normalized spacial score (nSPS) is 17.6. The van der Waals surface area contributed by atoms with E-state index in [0.717, 1.165) is 11.3 Å². The Kier molecular flexibility index (Phi) is 7.93. The molecule has 3 aromatic rings. The maximum Gasteiger partial charge on any atom is 0.306 e. The Morgan fingerprint density at radius 2 is 1.78 bits per heavy atom. The number of carbonyl (C=O) groups excluding carboxylic acids is 2. The molecule has 1 saturated carbocycles. The summed E-state index contributed by atoms with van der Waals surface area (Å²) >= 11 is 1.15. The van der Waals surface area contributed by atoms with Crippen LogP contribution in [0.25, 0.3) is 10.1 Å². The Hall–Kier alpha value is -3.40. The van der Waals surface area contributed by atoms with Crippen molar-refractivity contribution in [3.05, 3.63) is 64.3 Å². The summed E-state index contributed by atoms with van der Waals surface area (Å²) in [5, 5.41) is 12.1. The van der Waals surface area contributed by atoms with E-state index in [0.29, 0.717) is 40.6 Å². The maximum atomic E-state index is 14.6. The number of halogens is 3. The summed E-state index contributed by atoms with van der Waals surface area (Å²) in [5.74, 6) is -5.62. The SMILES string of the molecule is O=C(NCCCC(=O)c1ccc(OC2CCC(C(=O)O)CC2)c(F)c1F)c1cc2c(F)cccc2s1. The second-order valence-corrected chi connectivity index (χ2v) is 9.80. The zero-order valence-corrected chi connectivity index (χ0v) is 20.0. The standard InChI is InChI=1S/C26H24F3NO5S/c27-18-3-1-5-21-17(18)13-22(36-21)25(32)30-12-2-4-19(31)16-10-11-20(24(29)23(16)28)35-15-8-6-14(7-9-15)26(33)34/h1,3,5,10-11,13-15H,2,4,6-9,12H2,(H,30,32)(H,33,34). The van der Waals surface area contributed by atoms with E-state index < -0.39 is 52.7 Å². The second kappa shape index (κ2) is 11.1. The Bertz CT molecular complexity index is 1300. The number of ether oxygens (including phenoxy) is 1. The van der Waals surface area contributed by atoms with E-state index in [2.05, 4.69) is 5.32 Å². The monoisotopic (exact) mass is 519 g/mol. The zero-order valence-electron chi connectivity index (χ0n) is 19.2. The summed E-state index contributed by atoms with van der Waals surface area (Å²) in [4.78, 5) is 36.1. The van der Waals surface area contributed by atoms with E-state index in [1.807, 2.05) is 0 Å². The first-order valence-electron chi connectivity index (χ1n) is 11.6. The van der Waals surface area contributed by atoms with Gasteiger partial charge >= 0.3 is 5.97 Å². The Labute approximate surface area is 209 Å². The largest absolute Gasteiger partial charge is 0.487 e. The summed E-state index contributed by atoms with van der Waals surface area (Å²) < 4.78 is 49.1. The van der Waals surface area contributed by atoms with E-state index in [1.54, 1.807) is 12.1 Å². The van der Waals surface area contributed by atoms with Crippen LogP contribution < -0.4 is 10.1 Å². The number of amides is 1. The highest BCUT2D eigenvalue weighted by atomic mass is 32.1. The molecule has 36 heavy (non-hydrogen) atoms. The van der Waals surface area contributed by atoms with Crippen molar-refractivity contribution < 1.29 is 37.4 Å². The molecule has 1 aromatic heterocycles. The molecule has 0 aliphatic heterocycles. The van der Waals surface area contributed by atoms with Crippen molar-refractivity contribution >= 4 is 39.1 Å². The maximum absolute atomic E-state index is 14.6. The molecule has 0 atom stereocenters. The van der Waals surface area contributed by atoms with Gasteiger partial charge in [0.1, 0.15) is 5.82 Å². The number of hydrogen-bond donors (Lipinski definition) is 2. The third-order valence-corrected chi connectivity index (χ3v) is 7.36. The number of fused-ring (bicyclic) bond motifs is 1. The number of thiophene rings is 1. The van der Waals surface area contributed by atoms with Crippen molar-refractivity contribution in [1.82, 2.24) is 5.32 Å². The van der Waals surface area contributed by atoms with E-state index in [-0.39, 0.29) is 25.1 Å². The van der Waals surface area contributed by atoms with Gasteiger partial charge in [-0.05, 0) is 62.4 Å². The van der Waals surface area contributed by atoms with Crippen LogP contribution >= 0.6 is 11.3 Å². The molecule has 1 heterocycles. The molecule has 1 aliphatic rings. The fourth-order valence-corrected chi connectivity index (χ4v) is 5.25. The highest BCUT2D eigenvalue weighted by Gasteiger charge is 2.28. The lowest BCUT2D eigenvalue weighted by atomic mass is 9.87. The molecule has 2 aromatic carbocycles. The number of hydrogen-bond acceptors (Lipinski definition) is 5. The molecule has 0 saturated heterocycles. The van der Waals surface area contributed by atoms with Crippen LogP contribution in [0.15, 0.2) is 36.4 Å². The average Bonchev–Trinajstić information content (AvgIpc) is 3.31. The summed E-state index contributed by atoms with van der Waals surface area (Å²) in [6.45, 7) is 0.131. The van der Waals surface area contributed by atoms with Gasteiger partial charge in [0.05, 0.1) is 22.5 Å². The zero-order chi connectivity index (χ0) is 25.8. The van der Waals surface area contributed by atoms with Crippen molar-refractivity contribution in [2.24, 2.45) is 5.92 Å². The van der Waals surface area contributed by atoms with Crippen molar-refractivity contribution in [1.29, 1.82) is 0 Å². The molecule has 0 bridgehead atoms. The number of aliphatic carboxylic acids is 1. The van der Waals surface area contributed by atoms with Crippen LogP contribution in [0.5, 0.6) is 5.75 Å². The quantitative estimate of drug-likeness (QED) is 0.278. The number of carboxylic acid groups (broad SMARTS) is 1. The van der Waals surface area contributed by atoms with Crippen LogP contribution in [0, 0.1) is 23.4 Å². The molecule has 1 fully saturated rings. The number of benzene rings is 2. The first kappa shape index (κ1) is 25.7. The Morgan fingerprint density at radius 1 is 1.03 bits per heavy atom. The van der Waals surface area contributed by atoms with Gasteiger partial charge in [0.25, 0.3) is 5.91 Å². The van der Waals surface area contributed by atoms with Crippen LogP contribution in [0.3, 0.4) is 0 Å². The highest BCUT2D eigenvalue weighted by molar-refractivity contribution is 7.20. The van der Waals surface area contributed by atoms with Gasteiger partial charge in [-0.15, -0.1) is 11.3 Å². The van der Waals surface area contributed by atoms with Crippen molar-refractivity contribution in [3.8, 4) is 5.75 Å². The summed E-state index contributed by atoms with van der Waals surface area (Å²) in [6.07, 6.45) is 1.31. The summed E-state index contributed by atoms with van der Waals surface area (Å²) in [6, 6.07) is 8.44. The minimum absolute atomic E-state index is 0.114. The van der Waals surface area contributed by atoms with Gasteiger partial charge in [0, 0.05) is 23.1 Å². The molecule has 6 nitrogen and oxygen atoms in total. The van der Waals surface area contributed by atoms with Crippen molar-refractivity contribution in [3.63, 3.8) is 0 Å². The number of carbonyl (C=O) groups is 3. The van der Waals surface area contributed by atoms with Crippen LogP contribution in [0.1, 0.15) is 58.6 Å². The van der Waals surface area contributed by atoms with Gasteiger partial charge in [-0.25, -0.2) is 8.78 Å². The molecular weight excluding hydrogens is 495 g/mol. The first-order chi connectivity index (χ1) is 17.2. The van der Waals surface area contributed by atoms with Crippen LogP contribution in [-0.4, -0.2) is 35.4 Å². The molecule has 1 amide bonds. The van der Waals surface area contributed by atoms with E-state index in [1.165, 1.54) is 24.3 Å². The molecular formula is C26H24F3NO5S. The summed E-state index contributed by atoms with van der Waals surface area (Å²) in [7, 11) is 0. The van der Waals surface area contributed by atoms with Gasteiger partial charge < -0.3 is 15.2 Å². The van der Waals surface area contributed by atoms with Crippen LogP contribution in [0.2, 0.25) is 0 Å². The lowest BCUT2D eigenvalue weighted by molar-refractivity contribution is -0.143. The molecule has 2 N–H and O–H groups in total. The fourth-order valence-electron chi connectivity index (χ4n) is 4.26. The number of Topliss-reactive ketones (excluding diaryl/α,β-unsaturated/α-hetero) is 1. The second-order valence-electron chi connectivity index (χ2n) is 8.71. The van der Waals surface area contributed by atoms with Crippen molar-refractivity contribution in [2.45, 2.75) is 44.6 Å². The lowest BCUT2D eigenvalue weighted by Crippen LogP contribution is -2.28. The molecule has 10 heteroatoms. The van der Waals surface area contributed by atoms with E-state index in [4.69, 9.17) is 9.84 Å². The average molecular weight is 520 g/mol. The first-order valence-corrected chi connectivity index (χ1v) is 12.4. The molecule has 1 aliphatic carbocycles. The van der Waals surface area contributed by atoms with Crippen molar-refractivity contribution in [2.75, 3.05) is 6.54 Å². The number of nitrogens with one attached hydrogen (secondary N) is 1. The van der Waals surface area contributed by atoms with E-state index in [9.17, 15) is 27.6 Å². The van der Waals surface area contributed by atoms with Gasteiger partial charge in [-0.2, -0.15) is 4.39 Å². The minimum atomic E-state index is -1.30. The number of carboxylic acids is 1. The molecule has 0 unspecified atom stereocenters.